The highest BCUT2D eigenvalue weighted by atomic mass is 16.2. The van der Waals surface area contributed by atoms with Crippen molar-refractivity contribution in [2.75, 3.05) is 0 Å². The van der Waals surface area contributed by atoms with Crippen molar-refractivity contribution in [3.8, 4) is 0 Å². The Bertz CT molecular complexity index is 905. The second kappa shape index (κ2) is 8.76. The van der Waals surface area contributed by atoms with Crippen molar-refractivity contribution >= 4 is 11.8 Å². The number of carbonyl (C=O) groups excluding carboxylic acids is 2. The molecule has 3 aromatic rings. The number of pyridine rings is 1. The fourth-order valence-electron chi connectivity index (χ4n) is 2.55. The van der Waals surface area contributed by atoms with Crippen LogP contribution in [0.4, 0.5) is 0 Å². The van der Waals surface area contributed by atoms with Gasteiger partial charge in [-0.25, -0.2) is 0 Å². The van der Waals surface area contributed by atoms with Crippen molar-refractivity contribution in [1.29, 1.82) is 0 Å². The maximum Gasteiger partial charge on any atom is 0.251 e. The molecule has 0 saturated carbocycles. The van der Waals surface area contributed by atoms with Crippen LogP contribution < -0.4 is 10.6 Å². The van der Waals surface area contributed by atoms with Crippen LogP contribution in [0.2, 0.25) is 0 Å². The Morgan fingerprint density at radius 2 is 1.15 bits per heavy atom. The molecule has 5 heteroatoms. The van der Waals surface area contributed by atoms with Crippen LogP contribution >= 0.6 is 0 Å². The van der Waals surface area contributed by atoms with Crippen LogP contribution in [0.1, 0.15) is 37.4 Å². The third kappa shape index (κ3) is 5.25. The summed E-state index contributed by atoms with van der Waals surface area (Å²) in [5, 5.41) is 5.73. The first-order chi connectivity index (χ1) is 13.1. The zero-order chi connectivity index (χ0) is 19.1. The highest BCUT2D eigenvalue weighted by Crippen LogP contribution is 2.07. The highest BCUT2D eigenvalue weighted by Gasteiger charge is 2.09. The fraction of sp³-hybridized carbons (Fsp3) is 0.136. The van der Waals surface area contributed by atoms with Gasteiger partial charge in [0.05, 0.1) is 0 Å². The van der Waals surface area contributed by atoms with Gasteiger partial charge in [0.25, 0.3) is 11.8 Å². The second-order valence-corrected chi connectivity index (χ2v) is 6.28. The quantitative estimate of drug-likeness (QED) is 0.710. The van der Waals surface area contributed by atoms with Crippen molar-refractivity contribution < 1.29 is 9.59 Å². The van der Waals surface area contributed by atoms with E-state index in [0.717, 1.165) is 11.1 Å². The molecule has 0 saturated heterocycles. The van der Waals surface area contributed by atoms with Crippen molar-refractivity contribution in [1.82, 2.24) is 15.6 Å². The molecular weight excluding hydrogens is 338 g/mol. The number of carbonyl (C=O) groups is 2. The van der Waals surface area contributed by atoms with E-state index in [0.29, 0.717) is 24.2 Å². The van der Waals surface area contributed by atoms with Gasteiger partial charge in [0.2, 0.25) is 0 Å². The van der Waals surface area contributed by atoms with E-state index in [1.165, 1.54) is 5.56 Å². The van der Waals surface area contributed by atoms with Crippen LogP contribution in [0.5, 0.6) is 0 Å². The number of nitrogens with zero attached hydrogens (tertiary/aromatic N) is 1. The van der Waals surface area contributed by atoms with Crippen LogP contribution in [0.15, 0.2) is 73.1 Å². The molecule has 0 unspecified atom stereocenters. The van der Waals surface area contributed by atoms with Gasteiger partial charge in [0, 0.05) is 36.6 Å². The number of hydrogen-bond donors (Lipinski definition) is 2. The Labute approximate surface area is 158 Å². The number of aromatic nitrogens is 1. The molecule has 2 aromatic carbocycles. The third-order valence-electron chi connectivity index (χ3n) is 4.19. The predicted molar refractivity (Wildman–Crippen MR) is 104 cm³/mol. The number of aryl methyl sites for hydroxylation is 1. The topological polar surface area (TPSA) is 71.1 Å². The van der Waals surface area contributed by atoms with E-state index in [2.05, 4.69) is 15.6 Å². The summed E-state index contributed by atoms with van der Waals surface area (Å²) in [5.41, 5.74) is 4.24. The molecule has 0 aliphatic heterocycles. The lowest BCUT2D eigenvalue weighted by Gasteiger charge is -2.08. The maximum absolute atomic E-state index is 12.3. The van der Waals surface area contributed by atoms with E-state index < -0.39 is 0 Å². The van der Waals surface area contributed by atoms with Gasteiger partial charge in [-0.1, -0.05) is 29.8 Å². The molecule has 0 radical (unpaired) electrons. The summed E-state index contributed by atoms with van der Waals surface area (Å²) in [7, 11) is 0. The van der Waals surface area contributed by atoms with Crippen LogP contribution in [-0.2, 0) is 13.1 Å². The first kappa shape index (κ1) is 18.3. The molecular formula is C22H21N3O2. The van der Waals surface area contributed by atoms with E-state index in [1.807, 2.05) is 43.3 Å². The molecule has 2 amide bonds. The van der Waals surface area contributed by atoms with E-state index in [-0.39, 0.29) is 11.8 Å². The maximum atomic E-state index is 12.3. The molecule has 0 aliphatic rings. The number of rotatable bonds is 6. The summed E-state index contributed by atoms with van der Waals surface area (Å²) < 4.78 is 0. The Balaban J connectivity index is 1.53. The first-order valence-electron chi connectivity index (χ1n) is 8.73. The monoisotopic (exact) mass is 359 g/mol. The lowest BCUT2D eigenvalue weighted by molar-refractivity contribution is 0.0939. The summed E-state index contributed by atoms with van der Waals surface area (Å²) in [6.07, 6.45) is 3.37. The Morgan fingerprint density at radius 1 is 0.704 bits per heavy atom. The van der Waals surface area contributed by atoms with Crippen LogP contribution in [0.3, 0.4) is 0 Å². The lowest BCUT2D eigenvalue weighted by Crippen LogP contribution is -2.24. The van der Waals surface area contributed by atoms with Gasteiger partial charge in [-0.15, -0.1) is 0 Å². The smallest absolute Gasteiger partial charge is 0.251 e. The van der Waals surface area contributed by atoms with Crippen LogP contribution in [-0.4, -0.2) is 16.8 Å². The van der Waals surface area contributed by atoms with Crippen molar-refractivity contribution in [3.05, 3.63) is 101 Å². The molecule has 27 heavy (non-hydrogen) atoms. The number of amides is 2. The Kier molecular flexibility index (Phi) is 5.94. The molecule has 0 atom stereocenters. The molecule has 2 N–H and O–H groups in total. The van der Waals surface area contributed by atoms with Gasteiger partial charge in [-0.3, -0.25) is 14.6 Å². The Morgan fingerprint density at radius 3 is 1.63 bits per heavy atom. The molecule has 136 valence electrons. The minimum Gasteiger partial charge on any atom is -0.348 e. The average molecular weight is 359 g/mol. The molecule has 1 aromatic heterocycles. The van der Waals surface area contributed by atoms with Gasteiger partial charge < -0.3 is 10.6 Å². The zero-order valence-corrected chi connectivity index (χ0v) is 15.1. The second-order valence-electron chi connectivity index (χ2n) is 6.28. The predicted octanol–water partition coefficient (Wildman–Crippen LogP) is 3.25. The molecule has 0 fully saturated rings. The SMILES string of the molecule is Cc1ccc(CNC(=O)c2ccc(C(=O)NCc3ccncc3)cc2)cc1. The van der Waals surface area contributed by atoms with E-state index >= 15 is 0 Å². The fourth-order valence-corrected chi connectivity index (χ4v) is 2.55. The van der Waals surface area contributed by atoms with Crippen LogP contribution in [0, 0.1) is 6.92 Å². The normalized spacial score (nSPS) is 10.3. The highest BCUT2D eigenvalue weighted by molar-refractivity contribution is 5.97. The van der Waals surface area contributed by atoms with Gasteiger partial charge in [0.15, 0.2) is 0 Å². The van der Waals surface area contributed by atoms with Gasteiger partial charge >= 0.3 is 0 Å². The summed E-state index contributed by atoms with van der Waals surface area (Å²) in [4.78, 5) is 28.4. The minimum atomic E-state index is -0.182. The number of nitrogens with one attached hydrogen (secondary N) is 2. The van der Waals surface area contributed by atoms with Crippen molar-refractivity contribution in [3.63, 3.8) is 0 Å². The number of hydrogen-bond acceptors (Lipinski definition) is 3. The summed E-state index contributed by atoms with van der Waals surface area (Å²) >= 11 is 0. The molecule has 1 heterocycles. The standard InChI is InChI=1S/C22H21N3O2/c1-16-2-4-17(5-3-16)14-24-21(26)19-6-8-20(9-7-19)22(27)25-15-18-10-12-23-13-11-18/h2-13H,14-15H2,1H3,(H,24,26)(H,25,27). The van der Waals surface area contributed by atoms with Crippen molar-refractivity contribution in [2.24, 2.45) is 0 Å². The molecule has 0 spiro atoms. The molecule has 0 bridgehead atoms. The molecule has 3 rings (SSSR count). The van der Waals surface area contributed by atoms with E-state index in [9.17, 15) is 9.59 Å². The van der Waals surface area contributed by atoms with Gasteiger partial charge in [0.1, 0.15) is 0 Å². The van der Waals surface area contributed by atoms with E-state index in [1.54, 1.807) is 36.7 Å². The van der Waals surface area contributed by atoms with E-state index in [4.69, 9.17) is 0 Å². The van der Waals surface area contributed by atoms with Gasteiger partial charge in [-0.05, 0) is 54.4 Å². The largest absolute Gasteiger partial charge is 0.348 e. The van der Waals surface area contributed by atoms with Gasteiger partial charge in [-0.2, -0.15) is 0 Å². The third-order valence-corrected chi connectivity index (χ3v) is 4.19. The zero-order valence-electron chi connectivity index (χ0n) is 15.1. The number of benzene rings is 2. The summed E-state index contributed by atoms with van der Waals surface area (Å²) in [5.74, 6) is -0.349. The average Bonchev–Trinajstić information content (AvgIpc) is 2.72. The molecule has 5 nitrogen and oxygen atoms in total. The first-order valence-corrected chi connectivity index (χ1v) is 8.73. The summed E-state index contributed by atoms with van der Waals surface area (Å²) in [6, 6.07) is 18.3. The lowest BCUT2D eigenvalue weighted by atomic mass is 10.1. The van der Waals surface area contributed by atoms with Crippen molar-refractivity contribution in [2.45, 2.75) is 20.0 Å². The summed E-state index contributed by atoms with van der Waals surface area (Å²) in [6.45, 7) is 2.92. The molecule has 0 aliphatic carbocycles. The minimum absolute atomic E-state index is 0.167. The Hall–Kier alpha value is -3.47. The van der Waals surface area contributed by atoms with Crippen LogP contribution in [0.25, 0.3) is 0 Å².